The fraction of sp³-hybridized carbons (Fsp3) is 0.321. The molecule has 0 aliphatic carbocycles. The van der Waals surface area contributed by atoms with Gasteiger partial charge in [-0.25, -0.2) is 4.98 Å². The van der Waals surface area contributed by atoms with Crippen molar-refractivity contribution in [1.82, 2.24) is 4.98 Å². The van der Waals surface area contributed by atoms with Crippen LogP contribution in [0.1, 0.15) is 53.0 Å². The van der Waals surface area contributed by atoms with Gasteiger partial charge in [-0.15, -0.1) is 0 Å². The van der Waals surface area contributed by atoms with Crippen LogP contribution in [0.3, 0.4) is 0 Å². The Hall–Kier alpha value is -3.67. The van der Waals surface area contributed by atoms with Crippen LogP contribution in [0.15, 0.2) is 48.5 Å². The van der Waals surface area contributed by atoms with E-state index in [1.165, 1.54) is 6.92 Å². The van der Waals surface area contributed by atoms with Gasteiger partial charge in [-0.2, -0.15) is 0 Å². The number of carbonyl (C=O) groups is 2. The Morgan fingerprint density at radius 3 is 2.44 bits per heavy atom. The van der Waals surface area contributed by atoms with Crippen LogP contribution in [0, 0.1) is 20.8 Å². The fourth-order valence-corrected chi connectivity index (χ4v) is 3.86. The largest absolute Gasteiger partial charge is 0.489 e. The molecule has 0 fully saturated rings. The number of aldehydes is 1. The molecule has 2 aromatic carbocycles. The number of ether oxygens (including phenoxy) is 3. The first-order valence-electron chi connectivity index (χ1n) is 11.3. The molecule has 1 heterocycles. The molecular weight excluding hydrogens is 430 g/mol. The molecule has 0 saturated carbocycles. The van der Waals surface area contributed by atoms with Crippen molar-refractivity contribution in [3.8, 4) is 22.8 Å². The van der Waals surface area contributed by atoms with Crippen LogP contribution >= 0.6 is 0 Å². The Labute approximate surface area is 200 Å². The summed E-state index contributed by atoms with van der Waals surface area (Å²) in [6.07, 6.45) is 1.21. The minimum Gasteiger partial charge on any atom is -0.489 e. The van der Waals surface area contributed by atoms with E-state index in [4.69, 9.17) is 14.2 Å². The van der Waals surface area contributed by atoms with E-state index in [0.717, 1.165) is 39.8 Å². The lowest BCUT2D eigenvalue weighted by Crippen LogP contribution is -2.16. The van der Waals surface area contributed by atoms with Gasteiger partial charge in [-0.1, -0.05) is 18.2 Å². The van der Waals surface area contributed by atoms with Crippen LogP contribution < -0.4 is 9.47 Å². The van der Waals surface area contributed by atoms with Gasteiger partial charge in [-0.05, 0) is 74.2 Å². The number of aromatic nitrogens is 1. The van der Waals surface area contributed by atoms with Crippen molar-refractivity contribution in [3.05, 3.63) is 76.5 Å². The van der Waals surface area contributed by atoms with E-state index in [2.05, 4.69) is 31.0 Å². The maximum Gasteiger partial charge on any atom is 0.302 e. The van der Waals surface area contributed by atoms with E-state index in [1.54, 1.807) is 24.3 Å². The van der Waals surface area contributed by atoms with Crippen molar-refractivity contribution >= 4 is 12.3 Å². The first-order chi connectivity index (χ1) is 16.3. The van der Waals surface area contributed by atoms with Crippen LogP contribution in [0.25, 0.3) is 11.1 Å². The van der Waals surface area contributed by atoms with E-state index >= 15 is 0 Å². The molecule has 1 atom stereocenters. The highest BCUT2D eigenvalue weighted by atomic mass is 16.5. The predicted molar refractivity (Wildman–Crippen MR) is 131 cm³/mol. The third-order valence-electron chi connectivity index (χ3n) is 5.64. The number of hydrogen-bond donors (Lipinski definition) is 0. The van der Waals surface area contributed by atoms with Crippen molar-refractivity contribution in [2.75, 3.05) is 6.61 Å². The molecule has 6 nitrogen and oxygen atoms in total. The second-order valence-electron chi connectivity index (χ2n) is 8.36. The monoisotopic (exact) mass is 461 g/mol. The molecule has 0 unspecified atom stereocenters. The molecule has 0 bridgehead atoms. The zero-order valence-electron chi connectivity index (χ0n) is 20.4. The Kier molecular flexibility index (Phi) is 8.41. The summed E-state index contributed by atoms with van der Waals surface area (Å²) in [4.78, 5) is 26.5. The first kappa shape index (κ1) is 25.0. The van der Waals surface area contributed by atoms with Crippen LogP contribution in [0.5, 0.6) is 11.6 Å². The van der Waals surface area contributed by atoms with E-state index < -0.39 is 0 Å². The number of hydrogen-bond acceptors (Lipinski definition) is 6. The molecule has 3 rings (SSSR count). The summed E-state index contributed by atoms with van der Waals surface area (Å²) in [6, 6.07) is 15.2. The Bertz CT molecular complexity index is 1130. The number of benzene rings is 2. The second kappa shape index (κ2) is 11.5. The lowest BCUT2D eigenvalue weighted by Gasteiger charge is -2.17. The van der Waals surface area contributed by atoms with Gasteiger partial charge in [-0.3, -0.25) is 9.59 Å². The van der Waals surface area contributed by atoms with E-state index in [0.29, 0.717) is 36.8 Å². The summed E-state index contributed by atoms with van der Waals surface area (Å²) in [5, 5.41) is 0. The highest BCUT2D eigenvalue weighted by molar-refractivity contribution is 5.75. The third kappa shape index (κ3) is 6.44. The topological polar surface area (TPSA) is 74.7 Å². The van der Waals surface area contributed by atoms with Gasteiger partial charge in [0.15, 0.2) is 0 Å². The second-order valence-corrected chi connectivity index (χ2v) is 8.36. The maximum absolute atomic E-state index is 11.0. The van der Waals surface area contributed by atoms with Gasteiger partial charge in [0.25, 0.3) is 0 Å². The van der Waals surface area contributed by atoms with Gasteiger partial charge >= 0.3 is 5.97 Å². The van der Waals surface area contributed by atoms with Crippen LogP contribution in [-0.2, 0) is 16.1 Å². The van der Waals surface area contributed by atoms with Crippen LogP contribution in [0.4, 0.5) is 0 Å². The number of carbonyl (C=O) groups excluding carboxylic acids is 2. The number of rotatable bonds is 10. The highest BCUT2D eigenvalue weighted by Gasteiger charge is 2.15. The van der Waals surface area contributed by atoms with Gasteiger partial charge in [0.1, 0.15) is 24.7 Å². The van der Waals surface area contributed by atoms with Crippen molar-refractivity contribution in [3.63, 3.8) is 0 Å². The van der Waals surface area contributed by atoms with Gasteiger partial charge < -0.3 is 14.2 Å². The SMILES string of the molecule is CC(=O)O[C@H](C)CCOc1cc(C)c(-c2cccc(COc3ccc(C=O)cc3)c2C)c(C)n1. The summed E-state index contributed by atoms with van der Waals surface area (Å²) < 4.78 is 16.9. The lowest BCUT2D eigenvalue weighted by molar-refractivity contribution is -0.145. The molecule has 0 aliphatic heterocycles. The number of nitrogens with zero attached hydrogens (tertiary/aromatic N) is 1. The molecule has 0 saturated heterocycles. The molecule has 178 valence electrons. The van der Waals surface area contributed by atoms with Gasteiger partial charge in [0.05, 0.1) is 6.61 Å². The lowest BCUT2D eigenvalue weighted by atomic mass is 9.93. The highest BCUT2D eigenvalue weighted by Crippen LogP contribution is 2.33. The molecule has 34 heavy (non-hydrogen) atoms. The average Bonchev–Trinajstić information content (AvgIpc) is 2.79. The Morgan fingerprint density at radius 1 is 1.06 bits per heavy atom. The molecular formula is C28H31NO5. The molecule has 3 aromatic rings. The maximum atomic E-state index is 11.0. The van der Waals surface area contributed by atoms with Crippen molar-refractivity contribution in [1.29, 1.82) is 0 Å². The zero-order chi connectivity index (χ0) is 24.7. The molecule has 6 heteroatoms. The number of aryl methyl sites for hydroxylation is 2. The van der Waals surface area contributed by atoms with E-state index in [1.807, 2.05) is 26.0 Å². The minimum absolute atomic E-state index is 0.200. The normalized spacial score (nSPS) is 11.6. The molecule has 0 radical (unpaired) electrons. The third-order valence-corrected chi connectivity index (χ3v) is 5.64. The molecule has 0 aliphatic rings. The van der Waals surface area contributed by atoms with Gasteiger partial charge in [0, 0.05) is 36.2 Å². The summed E-state index contributed by atoms with van der Waals surface area (Å²) >= 11 is 0. The Balaban J connectivity index is 1.73. The quantitative estimate of drug-likeness (QED) is 0.281. The number of pyridine rings is 1. The van der Waals surface area contributed by atoms with Crippen LogP contribution in [-0.4, -0.2) is 30.0 Å². The summed E-state index contributed by atoms with van der Waals surface area (Å²) in [7, 11) is 0. The van der Waals surface area contributed by atoms with Crippen molar-refractivity contribution in [2.24, 2.45) is 0 Å². The Morgan fingerprint density at radius 2 is 1.79 bits per heavy atom. The average molecular weight is 462 g/mol. The first-order valence-corrected chi connectivity index (χ1v) is 11.3. The fourth-order valence-electron chi connectivity index (χ4n) is 3.86. The number of esters is 1. The molecule has 1 aromatic heterocycles. The summed E-state index contributed by atoms with van der Waals surface area (Å²) in [5.74, 6) is 0.985. The minimum atomic E-state index is -0.291. The van der Waals surface area contributed by atoms with Crippen LogP contribution in [0.2, 0.25) is 0 Å². The van der Waals surface area contributed by atoms with Crippen molar-refractivity contribution < 1.29 is 23.8 Å². The molecule has 0 spiro atoms. The predicted octanol–water partition coefficient (Wildman–Crippen LogP) is 5.79. The van der Waals surface area contributed by atoms with E-state index in [9.17, 15) is 9.59 Å². The summed E-state index contributed by atoms with van der Waals surface area (Å²) in [6.45, 7) is 10.2. The smallest absolute Gasteiger partial charge is 0.302 e. The molecule has 0 N–H and O–H groups in total. The van der Waals surface area contributed by atoms with Crippen molar-refractivity contribution in [2.45, 2.75) is 53.8 Å². The van der Waals surface area contributed by atoms with E-state index in [-0.39, 0.29) is 12.1 Å². The molecule has 0 amide bonds. The zero-order valence-corrected chi connectivity index (χ0v) is 20.4. The summed E-state index contributed by atoms with van der Waals surface area (Å²) in [5.41, 5.74) is 6.97. The van der Waals surface area contributed by atoms with Gasteiger partial charge in [0.2, 0.25) is 5.88 Å². The standard InChI is InChI=1S/C28H31NO5/c1-18-15-27(32-14-13-19(2)34-22(5)31)29-21(4)28(18)26-8-6-7-24(20(26)3)17-33-25-11-9-23(16-30)10-12-25/h6-12,15-16,19H,13-14,17H2,1-5H3/t19-/m1/s1.